The summed E-state index contributed by atoms with van der Waals surface area (Å²) < 4.78 is 0. The fourth-order valence-corrected chi connectivity index (χ4v) is 4.00. The SMILES string of the molecule is CN1CC[C@H](N2CCN(C(=O)C3CCCCC3)CC2)C1=O. The highest BCUT2D eigenvalue weighted by molar-refractivity contribution is 5.83. The number of likely N-dealkylation sites (tertiary alicyclic amines) is 1. The second-order valence-corrected chi connectivity index (χ2v) is 6.76. The van der Waals surface area contributed by atoms with Gasteiger partial charge in [-0.3, -0.25) is 14.5 Å². The van der Waals surface area contributed by atoms with Gasteiger partial charge in [0.1, 0.15) is 0 Å². The minimum absolute atomic E-state index is 0.0573. The summed E-state index contributed by atoms with van der Waals surface area (Å²) in [6.07, 6.45) is 6.79. The van der Waals surface area contributed by atoms with E-state index in [0.29, 0.717) is 5.91 Å². The smallest absolute Gasteiger partial charge is 0.239 e. The van der Waals surface area contributed by atoms with Crippen LogP contribution in [0.4, 0.5) is 0 Å². The maximum Gasteiger partial charge on any atom is 0.239 e. The van der Waals surface area contributed by atoms with Crippen LogP contribution in [0.3, 0.4) is 0 Å². The van der Waals surface area contributed by atoms with E-state index in [1.807, 2.05) is 16.8 Å². The Morgan fingerprint density at radius 3 is 2.19 bits per heavy atom. The molecule has 0 bridgehead atoms. The van der Waals surface area contributed by atoms with Crippen LogP contribution >= 0.6 is 0 Å². The predicted molar refractivity (Wildman–Crippen MR) is 80.8 cm³/mol. The Morgan fingerprint density at radius 2 is 1.62 bits per heavy atom. The first-order chi connectivity index (χ1) is 10.2. The summed E-state index contributed by atoms with van der Waals surface area (Å²) in [5.74, 6) is 0.885. The average Bonchev–Trinajstić information content (AvgIpc) is 2.87. The van der Waals surface area contributed by atoms with Crippen LogP contribution in [-0.2, 0) is 9.59 Å². The van der Waals surface area contributed by atoms with Crippen LogP contribution < -0.4 is 0 Å². The molecule has 118 valence electrons. The van der Waals surface area contributed by atoms with Crippen LogP contribution in [0.1, 0.15) is 38.5 Å². The molecule has 2 aliphatic heterocycles. The molecular weight excluding hydrogens is 266 g/mol. The molecule has 0 N–H and O–H groups in total. The van der Waals surface area contributed by atoms with Crippen molar-refractivity contribution in [2.24, 2.45) is 5.92 Å². The van der Waals surface area contributed by atoms with Crippen molar-refractivity contribution in [3.8, 4) is 0 Å². The Labute approximate surface area is 127 Å². The van der Waals surface area contributed by atoms with Crippen molar-refractivity contribution in [3.05, 3.63) is 0 Å². The zero-order valence-corrected chi connectivity index (χ0v) is 13.1. The van der Waals surface area contributed by atoms with Gasteiger partial charge in [-0.15, -0.1) is 0 Å². The second-order valence-electron chi connectivity index (χ2n) is 6.76. The molecule has 5 heteroatoms. The maximum atomic E-state index is 12.5. The summed E-state index contributed by atoms with van der Waals surface area (Å²) in [4.78, 5) is 30.7. The molecule has 1 atom stereocenters. The number of rotatable bonds is 2. The first-order valence-electron chi connectivity index (χ1n) is 8.44. The minimum Gasteiger partial charge on any atom is -0.344 e. The molecule has 0 radical (unpaired) electrons. The van der Waals surface area contributed by atoms with Gasteiger partial charge in [0.15, 0.2) is 0 Å². The molecule has 0 aromatic carbocycles. The number of amides is 2. The Morgan fingerprint density at radius 1 is 0.952 bits per heavy atom. The van der Waals surface area contributed by atoms with Gasteiger partial charge in [-0.05, 0) is 19.3 Å². The lowest BCUT2D eigenvalue weighted by Gasteiger charge is -2.39. The van der Waals surface area contributed by atoms with Gasteiger partial charge in [0.2, 0.25) is 11.8 Å². The summed E-state index contributed by atoms with van der Waals surface area (Å²) in [6.45, 7) is 4.15. The number of likely N-dealkylation sites (N-methyl/N-ethyl adjacent to an activating group) is 1. The molecule has 0 aromatic heterocycles. The van der Waals surface area contributed by atoms with Gasteiger partial charge in [0.05, 0.1) is 6.04 Å². The van der Waals surface area contributed by atoms with Crippen molar-refractivity contribution in [3.63, 3.8) is 0 Å². The number of hydrogen-bond donors (Lipinski definition) is 0. The zero-order valence-electron chi connectivity index (χ0n) is 13.1. The lowest BCUT2D eigenvalue weighted by Crippen LogP contribution is -2.54. The van der Waals surface area contributed by atoms with Crippen LogP contribution in [0.2, 0.25) is 0 Å². The molecule has 2 saturated heterocycles. The van der Waals surface area contributed by atoms with Crippen LogP contribution in [0.15, 0.2) is 0 Å². The molecular formula is C16H27N3O2. The van der Waals surface area contributed by atoms with Gasteiger partial charge in [0, 0.05) is 45.7 Å². The van der Waals surface area contributed by atoms with Gasteiger partial charge >= 0.3 is 0 Å². The number of piperazine rings is 1. The van der Waals surface area contributed by atoms with Crippen LogP contribution in [0.25, 0.3) is 0 Å². The molecule has 2 amide bonds. The van der Waals surface area contributed by atoms with Crippen LogP contribution in [0, 0.1) is 5.92 Å². The van der Waals surface area contributed by atoms with Crippen molar-refractivity contribution in [1.82, 2.24) is 14.7 Å². The third kappa shape index (κ3) is 3.07. The predicted octanol–water partition coefficient (Wildman–Crippen LogP) is 0.942. The number of hydrogen-bond acceptors (Lipinski definition) is 3. The average molecular weight is 293 g/mol. The maximum absolute atomic E-state index is 12.5. The standard InChI is InChI=1S/C16H27N3O2/c1-17-8-7-14(16(17)21)18-9-11-19(12-10-18)15(20)13-5-3-2-4-6-13/h13-14H,2-12H2,1H3/t14-/m0/s1. The number of nitrogens with zero attached hydrogens (tertiary/aromatic N) is 3. The lowest BCUT2D eigenvalue weighted by atomic mass is 9.88. The van der Waals surface area contributed by atoms with Crippen molar-refractivity contribution in [1.29, 1.82) is 0 Å². The van der Waals surface area contributed by atoms with Crippen molar-refractivity contribution >= 4 is 11.8 Å². The Hall–Kier alpha value is -1.10. The summed E-state index contributed by atoms with van der Waals surface area (Å²) in [5, 5.41) is 0. The van der Waals surface area contributed by atoms with Gasteiger partial charge in [-0.2, -0.15) is 0 Å². The molecule has 3 aliphatic rings. The summed E-state index contributed by atoms with van der Waals surface area (Å²) in [5.41, 5.74) is 0. The number of carbonyl (C=O) groups excluding carboxylic acids is 2. The largest absolute Gasteiger partial charge is 0.344 e. The summed E-state index contributed by atoms with van der Waals surface area (Å²) in [6, 6.07) is 0.0573. The van der Waals surface area contributed by atoms with Crippen LogP contribution in [-0.4, -0.2) is 72.3 Å². The molecule has 3 rings (SSSR count). The normalized spacial score (nSPS) is 29.2. The van der Waals surface area contributed by atoms with Gasteiger partial charge in [-0.25, -0.2) is 0 Å². The second kappa shape index (κ2) is 6.34. The van der Waals surface area contributed by atoms with Gasteiger partial charge in [0.25, 0.3) is 0 Å². The monoisotopic (exact) mass is 293 g/mol. The quantitative estimate of drug-likeness (QED) is 0.761. The van der Waals surface area contributed by atoms with Gasteiger partial charge < -0.3 is 9.80 Å². The van der Waals surface area contributed by atoms with E-state index in [2.05, 4.69) is 4.90 Å². The van der Waals surface area contributed by atoms with E-state index in [-0.39, 0.29) is 17.9 Å². The van der Waals surface area contributed by atoms with E-state index in [4.69, 9.17) is 0 Å². The lowest BCUT2D eigenvalue weighted by molar-refractivity contribution is -0.139. The molecule has 2 heterocycles. The molecule has 3 fully saturated rings. The number of carbonyl (C=O) groups is 2. The highest BCUT2D eigenvalue weighted by Crippen LogP contribution is 2.26. The topological polar surface area (TPSA) is 43.9 Å². The van der Waals surface area contributed by atoms with E-state index < -0.39 is 0 Å². The first kappa shape index (κ1) is 14.8. The summed E-state index contributed by atoms with van der Waals surface area (Å²) >= 11 is 0. The third-order valence-corrected chi connectivity index (χ3v) is 5.42. The van der Waals surface area contributed by atoms with E-state index in [1.165, 1.54) is 19.3 Å². The van der Waals surface area contributed by atoms with Crippen LogP contribution in [0.5, 0.6) is 0 Å². The van der Waals surface area contributed by atoms with E-state index in [1.54, 1.807) is 0 Å². The molecule has 1 saturated carbocycles. The fraction of sp³-hybridized carbons (Fsp3) is 0.875. The fourth-order valence-electron chi connectivity index (χ4n) is 4.00. The van der Waals surface area contributed by atoms with Crippen molar-refractivity contribution < 1.29 is 9.59 Å². The third-order valence-electron chi connectivity index (χ3n) is 5.42. The molecule has 1 aliphatic carbocycles. The van der Waals surface area contributed by atoms with Crippen molar-refractivity contribution in [2.45, 2.75) is 44.6 Å². The molecule has 5 nitrogen and oxygen atoms in total. The highest BCUT2D eigenvalue weighted by Gasteiger charge is 2.36. The molecule has 21 heavy (non-hydrogen) atoms. The van der Waals surface area contributed by atoms with Gasteiger partial charge in [-0.1, -0.05) is 19.3 Å². The molecule has 0 unspecified atom stereocenters. The minimum atomic E-state index is 0.0573. The molecule has 0 spiro atoms. The Kier molecular flexibility index (Phi) is 4.48. The Bertz CT molecular complexity index is 398. The summed E-state index contributed by atoms with van der Waals surface area (Å²) in [7, 11) is 1.88. The molecule has 0 aromatic rings. The van der Waals surface area contributed by atoms with Crippen molar-refractivity contribution in [2.75, 3.05) is 39.8 Å². The van der Waals surface area contributed by atoms with E-state index in [0.717, 1.165) is 52.0 Å². The first-order valence-corrected chi connectivity index (χ1v) is 8.44. The van der Waals surface area contributed by atoms with E-state index in [9.17, 15) is 9.59 Å². The zero-order chi connectivity index (χ0) is 14.8. The van der Waals surface area contributed by atoms with E-state index >= 15 is 0 Å². The Balaban J connectivity index is 1.50. The highest BCUT2D eigenvalue weighted by atomic mass is 16.2.